The highest BCUT2D eigenvalue weighted by Crippen LogP contribution is 2.29. The van der Waals surface area contributed by atoms with E-state index in [1.807, 2.05) is 0 Å². The summed E-state index contributed by atoms with van der Waals surface area (Å²) >= 11 is 0. The van der Waals surface area contributed by atoms with Gasteiger partial charge in [0.2, 0.25) is 0 Å². The second-order valence-electron chi connectivity index (χ2n) is 5.97. The number of carbonyl (C=O) groups excluding carboxylic acids is 2. The molecule has 0 unspecified atom stereocenters. The van der Waals surface area contributed by atoms with Crippen molar-refractivity contribution >= 4 is 29.3 Å². The number of amides is 1. The molecule has 0 fully saturated rings. The molecule has 0 saturated carbocycles. The first kappa shape index (κ1) is 22.2. The number of hydrogen-bond acceptors (Lipinski definition) is 8. The van der Waals surface area contributed by atoms with Crippen molar-refractivity contribution in [3.63, 3.8) is 0 Å². The van der Waals surface area contributed by atoms with Crippen LogP contribution in [0, 0.1) is 10.1 Å². The van der Waals surface area contributed by atoms with E-state index in [2.05, 4.69) is 5.32 Å². The van der Waals surface area contributed by atoms with Gasteiger partial charge in [0.1, 0.15) is 5.75 Å². The van der Waals surface area contributed by atoms with Gasteiger partial charge in [0.05, 0.1) is 24.8 Å². The minimum absolute atomic E-state index is 0.0425. The molecule has 2 aromatic carbocycles. The molecule has 0 aliphatic heterocycles. The van der Waals surface area contributed by atoms with E-state index < -0.39 is 22.9 Å². The molecule has 0 aliphatic carbocycles. The van der Waals surface area contributed by atoms with Crippen molar-refractivity contribution < 1.29 is 33.8 Å². The Hall–Kier alpha value is -4.08. The number of aromatic hydroxyl groups is 1. The predicted octanol–water partition coefficient (Wildman–Crippen LogP) is 2.90. The summed E-state index contributed by atoms with van der Waals surface area (Å²) in [6.45, 7) is 1.36. The minimum Gasteiger partial charge on any atom is -0.504 e. The lowest BCUT2D eigenvalue weighted by Crippen LogP contribution is -2.29. The molecular formula is C20H20N2O8. The second-order valence-corrected chi connectivity index (χ2v) is 5.97. The third kappa shape index (κ3) is 5.71. The number of esters is 1. The number of methoxy groups -OCH3 is 2. The van der Waals surface area contributed by atoms with Crippen LogP contribution in [0.15, 0.2) is 42.5 Å². The lowest BCUT2D eigenvalue weighted by atomic mass is 10.2. The Morgan fingerprint density at radius 2 is 1.83 bits per heavy atom. The highest BCUT2D eigenvalue weighted by molar-refractivity contribution is 5.97. The number of rotatable bonds is 8. The summed E-state index contributed by atoms with van der Waals surface area (Å²) in [6, 6.07) is 8.21. The Labute approximate surface area is 171 Å². The van der Waals surface area contributed by atoms with Gasteiger partial charge in [0.25, 0.3) is 11.6 Å². The Kier molecular flexibility index (Phi) is 7.34. The summed E-state index contributed by atoms with van der Waals surface area (Å²) < 4.78 is 15.1. The van der Waals surface area contributed by atoms with Crippen molar-refractivity contribution in [3.8, 4) is 17.2 Å². The van der Waals surface area contributed by atoms with Crippen LogP contribution in [0.2, 0.25) is 0 Å². The van der Waals surface area contributed by atoms with Crippen LogP contribution in [0.3, 0.4) is 0 Å². The molecule has 2 rings (SSSR count). The summed E-state index contributed by atoms with van der Waals surface area (Å²) in [6.07, 6.45) is 1.36. The third-order valence-corrected chi connectivity index (χ3v) is 3.93. The number of phenolic OH excluding ortho intramolecular Hbond substituents is 1. The predicted molar refractivity (Wildman–Crippen MR) is 108 cm³/mol. The average molecular weight is 416 g/mol. The largest absolute Gasteiger partial charge is 0.504 e. The van der Waals surface area contributed by atoms with E-state index in [4.69, 9.17) is 14.2 Å². The fourth-order valence-corrected chi connectivity index (χ4v) is 2.37. The first-order chi connectivity index (χ1) is 14.2. The van der Waals surface area contributed by atoms with Crippen molar-refractivity contribution in [1.29, 1.82) is 0 Å². The molecule has 0 aliphatic rings. The Morgan fingerprint density at radius 3 is 2.47 bits per heavy atom. The van der Waals surface area contributed by atoms with Crippen LogP contribution in [-0.4, -0.2) is 42.2 Å². The van der Waals surface area contributed by atoms with Crippen LogP contribution in [0.4, 0.5) is 11.4 Å². The molecule has 10 nitrogen and oxygen atoms in total. The molecule has 0 spiro atoms. The number of anilines is 1. The van der Waals surface area contributed by atoms with Gasteiger partial charge in [-0.1, -0.05) is 6.07 Å². The van der Waals surface area contributed by atoms with E-state index in [0.29, 0.717) is 5.56 Å². The van der Waals surface area contributed by atoms with Crippen molar-refractivity contribution in [1.82, 2.24) is 0 Å². The number of nitrogens with zero attached hydrogens (tertiary/aromatic N) is 1. The molecule has 1 amide bonds. The zero-order chi connectivity index (χ0) is 22.3. The number of nitro benzene ring substituents is 1. The van der Waals surface area contributed by atoms with E-state index >= 15 is 0 Å². The summed E-state index contributed by atoms with van der Waals surface area (Å²) in [4.78, 5) is 34.6. The molecule has 2 aromatic rings. The average Bonchev–Trinajstić information content (AvgIpc) is 2.72. The lowest BCUT2D eigenvalue weighted by molar-refractivity contribution is -0.384. The van der Waals surface area contributed by atoms with Crippen molar-refractivity contribution in [2.75, 3.05) is 19.5 Å². The van der Waals surface area contributed by atoms with Crippen molar-refractivity contribution in [2.24, 2.45) is 0 Å². The zero-order valence-electron chi connectivity index (χ0n) is 16.4. The van der Waals surface area contributed by atoms with E-state index in [1.54, 1.807) is 6.07 Å². The van der Waals surface area contributed by atoms with Crippen LogP contribution in [0.1, 0.15) is 12.5 Å². The van der Waals surface area contributed by atoms with Gasteiger partial charge in [0.15, 0.2) is 17.6 Å². The normalized spacial score (nSPS) is 11.6. The van der Waals surface area contributed by atoms with Gasteiger partial charge in [-0.15, -0.1) is 0 Å². The van der Waals surface area contributed by atoms with Crippen LogP contribution in [0.5, 0.6) is 17.2 Å². The van der Waals surface area contributed by atoms with E-state index in [1.165, 1.54) is 51.5 Å². The number of hydrogen-bond donors (Lipinski definition) is 2. The molecule has 0 aromatic heterocycles. The molecule has 0 heterocycles. The molecule has 158 valence electrons. The number of ether oxygens (including phenoxy) is 3. The molecule has 2 N–H and O–H groups in total. The molecule has 10 heteroatoms. The van der Waals surface area contributed by atoms with E-state index in [9.17, 15) is 24.8 Å². The molecule has 1 atom stereocenters. The second kappa shape index (κ2) is 9.92. The van der Waals surface area contributed by atoms with Crippen LogP contribution in [-0.2, 0) is 14.3 Å². The quantitative estimate of drug-likeness (QED) is 0.290. The Bertz CT molecular complexity index is 987. The zero-order valence-corrected chi connectivity index (χ0v) is 16.4. The maximum Gasteiger partial charge on any atom is 0.331 e. The van der Waals surface area contributed by atoms with Gasteiger partial charge in [-0.25, -0.2) is 4.79 Å². The number of nitrogens with one attached hydrogen (secondary N) is 1. The first-order valence-electron chi connectivity index (χ1n) is 8.64. The number of benzene rings is 2. The lowest BCUT2D eigenvalue weighted by Gasteiger charge is -2.14. The fourth-order valence-electron chi connectivity index (χ4n) is 2.37. The van der Waals surface area contributed by atoms with Crippen LogP contribution in [0.25, 0.3) is 6.08 Å². The molecular weight excluding hydrogens is 396 g/mol. The Morgan fingerprint density at radius 1 is 1.13 bits per heavy atom. The maximum atomic E-state index is 12.3. The fraction of sp³-hybridized carbons (Fsp3) is 0.200. The summed E-state index contributed by atoms with van der Waals surface area (Å²) in [5, 5.41) is 22.9. The smallest absolute Gasteiger partial charge is 0.331 e. The number of nitro groups is 1. The Balaban J connectivity index is 2.02. The topological polar surface area (TPSA) is 137 Å². The number of phenols is 1. The molecule has 0 saturated heterocycles. The molecule has 0 radical (unpaired) electrons. The SMILES string of the molecule is COc1cc(/C=C/C(=O)O[C@@H](C)C(=O)Nc2cc([N+](=O)[O-])ccc2OC)ccc1O. The summed E-state index contributed by atoms with van der Waals surface area (Å²) in [5.41, 5.74) is 0.411. The maximum absolute atomic E-state index is 12.3. The van der Waals surface area contributed by atoms with Gasteiger partial charge >= 0.3 is 5.97 Å². The molecule has 0 bridgehead atoms. The third-order valence-electron chi connectivity index (χ3n) is 3.93. The standard InChI is InChI=1S/C20H20N2O8/c1-12(20(25)21-15-11-14(22(26)27)6-8-17(15)28-2)30-19(24)9-5-13-4-7-16(23)18(10-13)29-3/h4-12,23H,1-3H3,(H,21,25)/b9-5+/t12-/m0/s1. The van der Waals surface area contributed by atoms with Crippen molar-refractivity contribution in [2.45, 2.75) is 13.0 Å². The van der Waals surface area contributed by atoms with Gasteiger partial charge in [-0.2, -0.15) is 0 Å². The van der Waals surface area contributed by atoms with Gasteiger partial charge in [-0.05, 0) is 36.8 Å². The van der Waals surface area contributed by atoms with Gasteiger partial charge < -0.3 is 24.6 Å². The van der Waals surface area contributed by atoms with Crippen LogP contribution >= 0.6 is 0 Å². The highest BCUT2D eigenvalue weighted by atomic mass is 16.6. The number of carbonyl (C=O) groups is 2. The minimum atomic E-state index is -1.18. The van der Waals surface area contributed by atoms with E-state index in [0.717, 1.165) is 12.1 Å². The highest BCUT2D eigenvalue weighted by Gasteiger charge is 2.20. The van der Waals surface area contributed by atoms with Gasteiger partial charge in [-0.3, -0.25) is 14.9 Å². The monoisotopic (exact) mass is 416 g/mol. The van der Waals surface area contributed by atoms with E-state index in [-0.39, 0.29) is 28.6 Å². The summed E-state index contributed by atoms with van der Waals surface area (Å²) in [5.74, 6) is -1.06. The number of non-ortho nitro benzene ring substituents is 1. The van der Waals surface area contributed by atoms with Gasteiger partial charge in [0, 0.05) is 18.2 Å². The van der Waals surface area contributed by atoms with Crippen LogP contribution < -0.4 is 14.8 Å². The molecule has 30 heavy (non-hydrogen) atoms. The van der Waals surface area contributed by atoms with Crippen molar-refractivity contribution in [3.05, 3.63) is 58.2 Å². The summed E-state index contributed by atoms with van der Waals surface area (Å²) in [7, 11) is 2.75. The first-order valence-corrected chi connectivity index (χ1v) is 8.64.